The molecule has 5 heteroatoms. The summed E-state index contributed by atoms with van der Waals surface area (Å²) in [7, 11) is 0. The number of amides is 1. The zero-order chi connectivity index (χ0) is 10.8. The predicted molar refractivity (Wildman–Crippen MR) is 52.3 cm³/mol. The second kappa shape index (κ2) is 3.68. The van der Waals surface area contributed by atoms with Gasteiger partial charge in [0.2, 0.25) is 5.91 Å². The normalized spacial score (nSPS) is 20.7. The molecule has 15 heavy (non-hydrogen) atoms. The highest BCUT2D eigenvalue weighted by molar-refractivity contribution is 6.07. The van der Waals surface area contributed by atoms with E-state index in [9.17, 15) is 9.59 Å². The van der Waals surface area contributed by atoms with Crippen molar-refractivity contribution >= 4 is 17.6 Å². The molecule has 0 saturated carbocycles. The SMILES string of the molecule is O=C(O)C1CCN(c2cccnc2)C1=O. The summed E-state index contributed by atoms with van der Waals surface area (Å²) in [5.74, 6) is -2.30. The molecule has 1 amide bonds. The summed E-state index contributed by atoms with van der Waals surface area (Å²) in [5.41, 5.74) is 0.659. The van der Waals surface area contributed by atoms with E-state index >= 15 is 0 Å². The number of nitrogens with zero attached hydrogens (tertiary/aromatic N) is 2. The first-order valence-electron chi connectivity index (χ1n) is 4.64. The minimum Gasteiger partial charge on any atom is -0.481 e. The van der Waals surface area contributed by atoms with Gasteiger partial charge >= 0.3 is 5.97 Å². The van der Waals surface area contributed by atoms with E-state index in [-0.39, 0.29) is 5.91 Å². The maximum atomic E-state index is 11.7. The van der Waals surface area contributed by atoms with Crippen molar-refractivity contribution in [2.24, 2.45) is 5.92 Å². The number of rotatable bonds is 2. The summed E-state index contributed by atoms with van der Waals surface area (Å²) in [6.07, 6.45) is 3.53. The molecule has 1 aliphatic rings. The average Bonchev–Trinajstić information content (AvgIpc) is 2.61. The van der Waals surface area contributed by atoms with E-state index in [2.05, 4.69) is 4.98 Å². The van der Waals surface area contributed by atoms with Crippen LogP contribution in [0.5, 0.6) is 0 Å². The van der Waals surface area contributed by atoms with E-state index in [0.29, 0.717) is 18.7 Å². The number of carbonyl (C=O) groups excluding carboxylic acids is 1. The van der Waals surface area contributed by atoms with Crippen LogP contribution in [0.4, 0.5) is 5.69 Å². The van der Waals surface area contributed by atoms with Crippen molar-refractivity contribution < 1.29 is 14.7 Å². The molecule has 2 heterocycles. The van der Waals surface area contributed by atoms with Gasteiger partial charge in [0.25, 0.3) is 0 Å². The maximum absolute atomic E-state index is 11.7. The quantitative estimate of drug-likeness (QED) is 0.716. The van der Waals surface area contributed by atoms with Crippen LogP contribution in [-0.2, 0) is 9.59 Å². The maximum Gasteiger partial charge on any atom is 0.316 e. The summed E-state index contributed by atoms with van der Waals surface area (Å²) < 4.78 is 0. The van der Waals surface area contributed by atoms with Crippen molar-refractivity contribution in [2.45, 2.75) is 6.42 Å². The Morgan fingerprint density at radius 3 is 2.93 bits per heavy atom. The molecular weight excluding hydrogens is 196 g/mol. The number of aromatic nitrogens is 1. The van der Waals surface area contributed by atoms with E-state index in [1.807, 2.05) is 0 Å². The molecule has 1 fully saturated rings. The lowest BCUT2D eigenvalue weighted by atomic mass is 10.1. The Kier molecular flexibility index (Phi) is 2.37. The molecule has 2 rings (SSSR count). The van der Waals surface area contributed by atoms with Gasteiger partial charge in [0.1, 0.15) is 5.92 Å². The number of aliphatic carboxylic acids is 1. The Bertz CT molecular complexity index is 391. The Balaban J connectivity index is 2.21. The smallest absolute Gasteiger partial charge is 0.316 e. The molecule has 1 aliphatic heterocycles. The van der Waals surface area contributed by atoms with E-state index in [1.54, 1.807) is 24.5 Å². The van der Waals surface area contributed by atoms with Crippen molar-refractivity contribution in [1.29, 1.82) is 0 Å². The van der Waals surface area contributed by atoms with E-state index < -0.39 is 11.9 Å². The summed E-state index contributed by atoms with van der Waals surface area (Å²) in [4.78, 5) is 27.7. The molecule has 78 valence electrons. The summed E-state index contributed by atoms with van der Waals surface area (Å²) in [5, 5.41) is 8.79. The van der Waals surface area contributed by atoms with Crippen molar-refractivity contribution in [2.75, 3.05) is 11.4 Å². The van der Waals surface area contributed by atoms with Gasteiger partial charge in [0, 0.05) is 12.7 Å². The van der Waals surface area contributed by atoms with Gasteiger partial charge in [-0.05, 0) is 18.6 Å². The zero-order valence-corrected chi connectivity index (χ0v) is 7.96. The van der Waals surface area contributed by atoms with Crippen LogP contribution in [-0.4, -0.2) is 28.5 Å². The summed E-state index contributed by atoms with van der Waals surface area (Å²) >= 11 is 0. The largest absolute Gasteiger partial charge is 0.481 e. The number of carboxylic acid groups (broad SMARTS) is 1. The van der Waals surface area contributed by atoms with Gasteiger partial charge in [-0.1, -0.05) is 0 Å². The molecule has 0 aromatic carbocycles. The number of hydrogen-bond acceptors (Lipinski definition) is 3. The standard InChI is InChI=1S/C10H10N2O3/c13-9-8(10(14)15)3-5-12(9)7-2-1-4-11-6-7/h1-2,4,6,8H,3,5H2,(H,14,15). The van der Waals surface area contributed by atoms with E-state index in [4.69, 9.17) is 5.11 Å². The monoisotopic (exact) mass is 206 g/mol. The molecular formula is C10H10N2O3. The number of pyridine rings is 1. The Morgan fingerprint density at radius 1 is 1.60 bits per heavy atom. The van der Waals surface area contributed by atoms with Crippen molar-refractivity contribution in [3.8, 4) is 0 Å². The topological polar surface area (TPSA) is 70.5 Å². The molecule has 1 aromatic heterocycles. The Morgan fingerprint density at radius 2 is 2.40 bits per heavy atom. The summed E-state index contributed by atoms with van der Waals surface area (Å²) in [6.45, 7) is 0.446. The Hall–Kier alpha value is -1.91. The highest BCUT2D eigenvalue weighted by Crippen LogP contribution is 2.24. The summed E-state index contributed by atoms with van der Waals surface area (Å²) in [6, 6.07) is 3.46. The van der Waals surface area contributed by atoms with Crippen molar-refractivity contribution in [3.63, 3.8) is 0 Å². The van der Waals surface area contributed by atoms with Crippen LogP contribution in [0.2, 0.25) is 0 Å². The molecule has 1 saturated heterocycles. The van der Waals surface area contributed by atoms with Gasteiger partial charge < -0.3 is 10.0 Å². The molecule has 1 atom stereocenters. The lowest BCUT2D eigenvalue weighted by molar-refractivity contribution is -0.144. The van der Waals surface area contributed by atoms with Crippen LogP contribution in [0, 0.1) is 5.92 Å². The van der Waals surface area contributed by atoms with Crippen molar-refractivity contribution in [3.05, 3.63) is 24.5 Å². The van der Waals surface area contributed by atoms with Crippen LogP contribution in [0.15, 0.2) is 24.5 Å². The molecule has 0 spiro atoms. The van der Waals surface area contributed by atoms with Crippen LogP contribution in [0.3, 0.4) is 0 Å². The van der Waals surface area contributed by atoms with Crippen molar-refractivity contribution in [1.82, 2.24) is 4.98 Å². The first kappa shape index (κ1) is 9.64. The van der Waals surface area contributed by atoms with Crippen LogP contribution < -0.4 is 4.90 Å². The second-order valence-corrected chi connectivity index (χ2v) is 3.38. The van der Waals surface area contributed by atoms with E-state index in [1.165, 1.54) is 4.90 Å². The third-order valence-corrected chi connectivity index (χ3v) is 2.46. The second-order valence-electron chi connectivity index (χ2n) is 3.38. The van der Waals surface area contributed by atoms with Crippen LogP contribution >= 0.6 is 0 Å². The lowest BCUT2D eigenvalue weighted by Crippen LogP contribution is -2.30. The third kappa shape index (κ3) is 1.68. The van der Waals surface area contributed by atoms with Gasteiger partial charge in [0.15, 0.2) is 0 Å². The highest BCUT2D eigenvalue weighted by Gasteiger charge is 2.37. The average molecular weight is 206 g/mol. The number of anilines is 1. The fraction of sp³-hybridized carbons (Fsp3) is 0.300. The van der Waals surface area contributed by atoms with Gasteiger partial charge in [-0.25, -0.2) is 0 Å². The van der Waals surface area contributed by atoms with Gasteiger partial charge in [-0.15, -0.1) is 0 Å². The fourth-order valence-corrected chi connectivity index (χ4v) is 1.68. The molecule has 5 nitrogen and oxygen atoms in total. The molecule has 0 bridgehead atoms. The fourth-order valence-electron chi connectivity index (χ4n) is 1.68. The zero-order valence-electron chi connectivity index (χ0n) is 7.96. The van der Waals surface area contributed by atoms with Gasteiger partial charge in [-0.2, -0.15) is 0 Å². The van der Waals surface area contributed by atoms with Crippen LogP contribution in [0.1, 0.15) is 6.42 Å². The number of carboxylic acids is 1. The first-order valence-corrected chi connectivity index (χ1v) is 4.64. The van der Waals surface area contributed by atoms with Gasteiger partial charge in [0.05, 0.1) is 11.9 Å². The van der Waals surface area contributed by atoms with E-state index in [0.717, 1.165) is 0 Å². The molecule has 1 aromatic rings. The van der Waals surface area contributed by atoms with Gasteiger partial charge in [-0.3, -0.25) is 14.6 Å². The lowest BCUT2D eigenvalue weighted by Gasteiger charge is -2.14. The number of hydrogen-bond donors (Lipinski definition) is 1. The molecule has 0 radical (unpaired) electrons. The highest BCUT2D eigenvalue weighted by atomic mass is 16.4. The Labute approximate surface area is 86.3 Å². The molecule has 1 N–H and O–H groups in total. The number of carbonyl (C=O) groups is 2. The predicted octanol–water partition coefficient (Wildman–Crippen LogP) is 0.519. The first-order chi connectivity index (χ1) is 7.20. The third-order valence-electron chi connectivity index (χ3n) is 2.46. The molecule has 0 aliphatic carbocycles. The molecule has 1 unspecified atom stereocenters. The van der Waals surface area contributed by atoms with Crippen LogP contribution in [0.25, 0.3) is 0 Å². The minimum absolute atomic E-state index is 0.351. The minimum atomic E-state index is -1.05.